The first kappa shape index (κ1) is 15.0. The van der Waals surface area contributed by atoms with Gasteiger partial charge in [-0.1, -0.05) is 26.3 Å². The molecule has 2 unspecified atom stereocenters. The van der Waals surface area contributed by atoms with Gasteiger partial charge in [-0.2, -0.15) is 13.2 Å². The van der Waals surface area contributed by atoms with Crippen LogP contribution in [0.4, 0.5) is 13.2 Å². The second-order valence-electron chi connectivity index (χ2n) is 4.92. The molecule has 0 amide bonds. The minimum atomic E-state index is -4.31. The third-order valence-corrected chi connectivity index (χ3v) is 3.36. The van der Waals surface area contributed by atoms with Gasteiger partial charge in [-0.25, -0.2) is 0 Å². The summed E-state index contributed by atoms with van der Waals surface area (Å²) in [5, 5.41) is 0. The lowest BCUT2D eigenvalue weighted by molar-refractivity contribution is -0.137. The summed E-state index contributed by atoms with van der Waals surface area (Å²) in [6.45, 7) is 5.91. The zero-order valence-electron chi connectivity index (χ0n) is 11.0. The number of aryl methyl sites for hydroxylation is 1. The summed E-state index contributed by atoms with van der Waals surface area (Å²) >= 11 is 0. The van der Waals surface area contributed by atoms with Gasteiger partial charge >= 0.3 is 6.18 Å². The van der Waals surface area contributed by atoms with Crippen molar-refractivity contribution in [3.63, 3.8) is 0 Å². The van der Waals surface area contributed by atoms with Crippen LogP contribution in [-0.2, 0) is 6.18 Å². The van der Waals surface area contributed by atoms with E-state index in [2.05, 4.69) is 13.8 Å². The lowest BCUT2D eigenvalue weighted by Gasteiger charge is -2.19. The van der Waals surface area contributed by atoms with Gasteiger partial charge < -0.3 is 5.73 Å². The van der Waals surface area contributed by atoms with Gasteiger partial charge in [0.05, 0.1) is 5.56 Å². The van der Waals surface area contributed by atoms with Crippen molar-refractivity contribution >= 4 is 0 Å². The molecule has 1 aromatic carbocycles. The monoisotopic (exact) mass is 259 g/mol. The Morgan fingerprint density at radius 1 is 1.28 bits per heavy atom. The third kappa shape index (κ3) is 3.73. The molecule has 0 bridgehead atoms. The molecule has 2 N–H and O–H groups in total. The molecule has 1 aromatic rings. The smallest absolute Gasteiger partial charge is 0.324 e. The Hall–Kier alpha value is -1.03. The maximum atomic E-state index is 12.7. The molecule has 18 heavy (non-hydrogen) atoms. The summed E-state index contributed by atoms with van der Waals surface area (Å²) in [6.07, 6.45) is -2.62. The Labute approximate surface area is 106 Å². The number of halogens is 3. The summed E-state index contributed by atoms with van der Waals surface area (Å²) in [7, 11) is 0. The van der Waals surface area contributed by atoms with Gasteiger partial charge in [0.15, 0.2) is 0 Å². The fraction of sp³-hybridized carbons (Fsp3) is 0.571. The van der Waals surface area contributed by atoms with E-state index in [0.29, 0.717) is 17.9 Å². The van der Waals surface area contributed by atoms with Crippen molar-refractivity contribution in [2.24, 2.45) is 11.7 Å². The van der Waals surface area contributed by atoms with E-state index in [4.69, 9.17) is 5.73 Å². The van der Waals surface area contributed by atoms with E-state index in [1.165, 1.54) is 12.1 Å². The van der Waals surface area contributed by atoms with Crippen LogP contribution in [0.15, 0.2) is 18.2 Å². The minimum absolute atomic E-state index is 0.331. The molecule has 2 atom stereocenters. The minimum Gasteiger partial charge on any atom is -0.324 e. The SMILES string of the molecule is CCC(C)CC(N)c1cc(C(F)(F)F)ccc1C. The lowest BCUT2D eigenvalue weighted by atomic mass is 9.91. The van der Waals surface area contributed by atoms with Gasteiger partial charge in [0.25, 0.3) is 0 Å². The van der Waals surface area contributed by atoms with Crippen LogP contribution in [0.1, 0.15) is 49.4 Å². The Bertz CT molecular complexity index is 399. The van der Waals surface area contributed by atoms with Crippen molar-refractivity contribution in [3.05, 3.63) is 34.9 Å². The van der Waals surface area contributed by atoms with Crippen LogP contribution >= 0.6 is 0 Å². The Morgan fingerprint density at radius 3 is 2.39 bits per heavy atom. The molecule has 0 fully saturated rings. The molecular formula is C14H20F3N. The van der Waals surface area contributed by atoms with Crippen molar-refractivity contribution in [3.8, 4) is 0 Å². The molecule has 0 aliphatic rings. The van der Waals surface area contributed by atoms with Crippen LogP contribution in [0.5, 0.6) is 0 Å². The predicted molar refractivity (Wildman–Crippen MR) is 67.2 cm³/mol. The molecular weight excluding hydrogens is 239 g/mol. The summed E-state index contributed by atoms with van der Waals surface area (Å²) in [5.74, 6) is 0.411. The van der Waals surface area contributed by atoms with Gasteiger partial charge in [0, 0.05) is 6.04 Å². The number of hydrogen-bond acceptors (Lipinski definition) is 1. The second kappa shape index (κ2) is 5.74. The van der Waals surface area contributed by atoms with Gasteiger partial charge in [-0.15, -0.1) is 0 Å². The molecule has 0 aromatic heterocycles. The van der Waals surface area contributed by atoms with Crippen LogP contribution in [0, 0.1) is 12.8 Å². The summed E-state index contributed by atoms with van der Waals surface area (Å²) in [5.41, 5.74) is 6.81. The first-order valence-corrected chi connectivity index (χ1v) is 6.19. The highest BCUT2D eigenvalue weighted by Gasteiger charge is 2.31. The third-order valence-electron chi connectivity index (χ3n) is 3.36. The first-order valence-electron chi connectivity index (χ1n) is 6.19. The van der Waals surface area contributed by atoms with E-state index in [9.17, 15) is 13.2 Å². The molecule has 0 spiro atoms. The van der Waals surface area contributed by atoms with Crippen LogP contribution < -0.4 is 5.73 Å². The Morgan fingerprint density at radius 2 is 1.89 bits per heavy atom. The largest absolute Gasteiger partial charge is 0.416 e. The van der Waals surface area contributed by atoms with E-state index in [-0.39, 0.29) is 6.04 Å². The van der Waals surface area contributed by atoms with E-state index in [0.717, 1.165) is 18.1 Å². The second-order valence-corrected chi connectivity index (χ2v) is 4.92. The number of benzene rings is 1. The average molecular weight is 259 g/mol. The van der Waals surface area contributed by atoms with Crippen LogP contribution in [0.25, 0.3) is 0 Å². The fourth-order valence-electron chi connectivity index (χ4n) is 1.94. The highest BCUT2D eigenvalue weighted by atomic mass is 19.4. The van der Waals surface area contributed by atoms with Crippen LogP contribution in [-0.4, -0.2) is 0 Å². The van der Waals surface area contributed by atoms with Crippen LogP contribution in [0.2, 0.25) is 0 Å². The van der Waals surface area contributed by atoms with Gasteiger partial charge in [-0.05, 0) is 42.5 Å². The van der Waals surface area contributed by atoms with Crippen molar-refractivity contribution < 1.29 is 13.2 Å². The van der Waals surface area contributed by atoms with E-state index >= 15 is 0 Å². The Balaban J connectivity index is 3.00. The predicted octanol–water partition coefficient (Wildman–Crippen LogP) is 4.45. The summed E-state index contributed by atoms with van der Waals surface area (Å²) in [4.78, 5) is 0. The zero-order valence-corrected chi connectivity index (χ0v) is 11.0. The topological polar surface area (TPSA) is 26.0 Å². The first-order chi connectivity index (χ1) is 8.25. The van der Waals surface area contributed by atoms with Gasteiger partial charge in [0.2, 0.25) is 0 Å². The molecule has 0 saturated carbocycles. The summed E-state index contributed by atoms with van der Waals surface area (Å²) < 4.78 is 38.0. The molecule has 102 valence electrons. The van der Waals surface area contributed by atoms with Gasteiger partial charge in [-0.3, -0.25) is 0 Å². The normalized spacial score (nSPS) is 15.5. The quantitative estimate of drug-likeness (QED) is 0.849. The lowest BCUT2D eigenvalue weighted by Crippen LogP contribution is -2.16. The number of alkyl halides is 3. The highest BCUT2D eigenvalue weighted by Crippen LogP contribution is 2.33. The molecule has 4 heteroatoms. The molecule has 0 radical (unpaired) electrons. The van der Waals surface area contributed by atoms with Gasteiger partial charge in [0.1, 0.15) is 0 Å². The maximum absolute atomic E-state index is 12.7. The van der Waals surface area contributed by atoms with Crippen molar-refractivity contribution in [1.82, 2.24) is 0 Å². The maximum Gasteiger partial charge on any atom is 0.416 e. The summed E-state index contributed by atoms with van der Waals surface area (Å²) in [6, 6.07) is 3.45. The van der Waals surface area contributed by atoms with E-state index in [1.54, 1.807) is 6.92 Å². The zero-order chi connectivity index (χ0) is 13.9. The molecule has 1 rings (SSSR count). The highest BCUT2D eigenvalue weighted by molar-refractivity contribution is 5.34. The van der Waals surface area contributed by atoms with E-state index < -0.39 is 11.7 Å². The number of nitrogens with two attached hydrogens (primary N) is 1. The molecule has 1 nitrogen and oxygen atoms in total. The average Bonchev–Trinajstić information content (AvgIpc) is 2.27. The van der Waals surface area contributed by atoms with Crippen LogP contribution in [0.3, 0.4) is 0 Å². The fourth-order valence-corrected chi connectivity index (χ4v) is 1.94. The van der Waals surface area contributed by atoms with Crippen molar-refractivity contribution in [1.29, 1.82) is 0 Å². The van der Waals surface area contributed by atoms with Crippen molar-refractivity contribution in [2.45, 2.75) is 45.8 Å². The molecule has 0 heterocycles. The number of hydrogen-bond donors (Lipinski definition) is 1. The number of rotatable bonds is 4. The van der Waals surface area contributed by atoms with Crippen molar-refractivity contribution in [2.75, 3.05) is 0 Å². The molecule has 0 aliphatic carbocycles. The molecule has 0 saturated heterocycles. The Kier molecular flexibility index (Phi) is 4.79. The van der Waals surface area contributed by atoms with E-state index in [1.807, 2.05) is 0 Å². The standard InChI is InChI=1S/C14H20F3N/c1-4-9(2)7-13(18)12-8-11(14(15,16)17)6-5-10(12)3/h5-6,8-9,13H,4,7,18H2,1-3H3. The molecule has 0 aliphatic heterocycles.